The molecule has 1 aliphatic heterocycles. The first-order valence-corrected chi connectivity index (χ1v) is 7.55. The molecule has 3 rings (SSSR count). The topological polar surface area (TPSA) is 74.0 Å². The Balaban J connectivity index is 1.94. The molecule has 1 fully saturated rings. The highest BCUT2D eigenvalue weighted by atomic mass is 16.5. The van der Waals surface area contributed by atoms with Gasteiger partial charge < -0.3 is 24.8 Å². The highest BCUT2D eigenvalue weighted by Crippen LogP contribution is 2.41. The number of hydrogen-bond donors (Lipinski definition) is 1. The van der Waals surface area contributed by atoms with Crippen molar-refractivity contribution in [2.45, 2.75) is 12.1 Å². The summed E-state index contributed by atoms with van der Waals surface area (Å²) in [7, 11) is 4.76. The van der Waals surface area contributed by atoms with Gasteiger partial charge in [0.1, 0.15) is 11.8 Å². The van der Waals surface area contributed by atoms with Crippen molar-refractivity contribution in [3.8, 4) is 17.2 Å². The summed E-state index contributed by atoms with van der Waals surface area (Å²) in [6.07, 6.45) is 0. The van der Waals surface area contributed by atoms with Gasteiger partial charge in [0.25, 0.3) is 0 Å². The lowest BCUT2D eigenvalue weighted by Crippen LogP contribution is -2.63. The smallest absolute Gasteiger partial charge is 0.247 e. The van der Waals surface area contributed by atoms with Gasteiger partial charge in [-0.3, -0.25) is 4.79 Å². The van der Waals surface area contributed by atoms with Crippen LogP contribution in [0.5, 0.6) is 17.2 Å². The van der Waals surface area contributed by atoms with Crippen LogP contribution in [-0.4, -0.2) is 33.3 Å². The Bertz CT molecular complexity index is 745. The molecule has 0 aromatic heterocycles. The second-order valence-electron chi connectivity index (χ2n) is 5.49. The van der Waals surface area contributed by atoms with Crippen LogP contribution in [-0.2, 0) is 4.79 Å². The van der Waals surface area contributed by atoms with Gasteiger partial charge in [-0.05, 0) is 42.0 Å². The number of amides is 1. The van der Waals surface area contributed by atoms with Crippen LogP contribution in [0.4, 0.5) is 5.69 Å². The number of nitrogens with two attached hydrogens (primary N) is 1. The molecular formula is C18H20N2O4. The standard InChI is InChI=1S/C18H20N2O4/c1-22-13-7-5-12(6-8-13)20-17(16(19)18(20)21)11-4-9-14(23-2)15(10-11)24-3/h4-10,16-17H,19H2,1-3H3/t16-,17+/m0/s1. The summed E-state index contributed by atoms with van der Waals surface area (Å²) in [5.74, 6) is 1.87. The highest BCUT2D eigenvalue weighted by Gasteiger charge is 2.46. The summed E-state index contributed by atoms with van der Waals surface area (Å²) in [5, 5.41) is 0. The SMILES string of the molecule is COc1ccc(N2C(=O)[C@@H](N)[C@H]2c2ccc(OC)c(OC)c2)cc1. The number of β-lactam (4-membered cyclic amide) rings is 1. The zero-order valence-corrected chi connectivity index (χ0v) is 13.9. The normalized spacial score (nSPS) is 19.7. The molecule has 2 aromatic rings. The van der Waals surface area contributed by atoms with Gasteiger partial charge in [0, 0.05) is 5.69 Å². The van der Waals surface area contributed by atoms with Crippen LogP contribution in [0.2, 0.25) is 0 Å². The zero-order valence-electron chi connectivity index (χ0n) is 13.9. The number of nitrogens with zero attached hydrogens (tertiary/aromatic N) is 1. The number of methoxy groups -OCH3 is 3. The van der Waals surface area contributed by atoms with E-state index < -0.39 is 6.04 Å². The Kier molecular flexibility index (Phi) is 4.31. The summed E-state index contributed by atoms with van der Waals surface area (Å²) in [4.78, 5) is 14.0. The highest BCUT2D eigenvalue weighted by molar-refractivity contribution is 6.05. The largest absolute Gasteiger partial charge is 0.497 e. The molecule has 0 radical (unpaired) electrons. The Morgan fingerprint density at radius 1 is 0.917 bits per heavy atom. The lowest BCUT2D eigenvalue weighted by atomic mass is 9.88. The van der Waals surface area contributed by atoms with Crippen LogP contribution in [0.25, 0.3) is 0 Å². The molecule has 6 nitrogen and oxygen atoms in total. The molecule has 2 aromatic carbocycles. The van der Waals surface area contributed by atoms with Crippen LogP contribution in [0.3, 0.4) is 0 Å². The zero-order chi connectivity index (χ0) is 17.3. The van der Waals surface area contributed by atoms with Crippen LogP contribution < -0.4 is 24.8 Å². The van der Waals surface area contributed by atoms with E-state index in [1.807, 2.05) is 42.5 Å². The number of carbonyl (C=O) groups excluding carboxylic acids is 1. The first-order valence-electron chi connectivity index (χ1n) is 7.55. The third-order valence-electron chi connectivity index (χ3n) is 4.24. The average Bonchev–Trinajstić information content (AvgIpc) is 2.64. The molecule has 0 aliphatic carbocycles. The van der Waals surface area contributed by atoms with E-state index in [9.17, 15) is 4.79 Å². The van der Waals surface area contributed by atoms with Gasteiger partial charge in [0.05, 0.1) is 27.4 Å². The van der Waals surface area contributed by atoms with E-state index in [1.54, 1.807) is 26.2 Å². The fraction of sp³-hybridized carbons (Fsp3) is 0.278. The molecule has 6 heteroatoms. The third kappa shape index (κ3) is 2.55. The first kappa shape index (κ1) is 16.1. The molecule has 1 saturated heterocycles. The van der Waals surface area contributed by atoms with E-state index in [4.69, 9.17) is 19.9 Å². The Morgan fingerprint density at radius 2 is 1.58 bits per heavy atom. The molecule has 0 saturated carbocycles. The number of benzene rings is 2. The molecule has 2 N–H and O–H groups in total. The summed E-state index contributed by atoms with van der Waals surface area (Å²) in [6, 6.07) is 12.1. The maximum atomic E-state index is 12.3. The average molecular weight is 328 g/mol. The van der Waals surface area contributed by atoms with Crippen LogP contribution >= 0.6 is 0 Å². The molecule has 2 atom stereocenters. The molecule has 0 spiro atoms. The fourth-order valence-corrected chi connectivity index (χ4v) is 2.94. The van der Waals surface area contributed by atoms with Gasteiger partial charge in [-0.1, -0.05) is 6.07 Å². The minimum Gasteiger partial charge on any atom is -0.497 e. The van der Waals surface area contributed by atoms with Gasteiger partial charge in [-0.2, -0.15) is 0 Å². The quantitative estimate of drug-likeness (QED) is 0.851. The van der Waals surface area contributed by atoms with E-state index in [-0.39, 0.29) is 11.9 Å². The maximum Gasteiger partial charge on any atom is 0.247 e. The molecule has 0 bridgehead atoms. The predicted molar refractivity (Wildman–Crippen MR) is 90.7 cm³/mol. The number of rotatable bonds is 5. The third-order valence-corrected chi connectivity index (χ3v) is 4.24. The van der Waals surface area contributed by atoms with Gasteiger partial charge in [0.15, 0.2) is 11.5 Å². The van der Waals surface area contributed by atoms with Crippen molar-refractivity contribution >= 4 is 11.6 Å². The summed E-state index contributed by atoms with van der Waals surface area (Å²) >= 11 is 0. The van der Waals surface area contributed by atoms with Crippen LogP contribution in [0.1, 0.15) is 11.6 Å². The lowest BCUT2D eigenvalue weighted by molar-refractivity contribution is -0.126. The minimum atomic E-state index is -0.579. The van der Waals surface area contributed by atoms with Crippen molar-refractivity contribution in [1.29, 1.82) is 0 Å². The second kappa shape index (κ2) is 6.41. The number of hydrogen-bond acceptors (Lipinski definition) is 5. The van der Waals surface area contributed by atoms with Crippen molar-refractivity contribution in [2.75, 3.05) is 26.2 Å². The van der Waals surface area contributed by atoms with Gasteiger partial charge >= 0.3 is 0 Å². The molecule has 24 heavy (non-hydrogen) atoms. The van der Waals surface area contributed by atoms with Gasteiger partial charge in [-0.25, -0.2) is 0 Å². The number of ether oxygens (including phenoxy) is 3. The van der Waals surface area contributed by atoms with E-state index in [1.165, 1.54) is 0 Å². The van der Waals surface area contributed by atoms with E-state index in [0.29, 0.717) is 11.5 Å². The molecule has 1 amide bonds. The Hall–Kier alpha value is -2.73. The fourth-order valence-electron chi connectivity index (χ4n) is 2.94. The van der Waals surface area contributed by atoms with Crippen LogP contribution in [0, 0.1) is 0 Å². The predicted octanol–water partition coefficient (Wildman–Crippen LogP) is 2.13. The molecular weight excluding hydrogens is 308 g/mol. The summed E-state index contributed by atoms with van der Waals surface area (Å²) < 4.78 is 15.8. The Labute approximate surface area is 140 Å². The van der Waals surface area contributed by atoms with Crippen LogP contribution in [0.15, 0.2) is 42.5 Å². The van der Waals surface area contributed by atoms with E-state index in [0.717, 1.165) is 17.0 Å². The van der Waals surface area contributed by atoms with E-state index >= 15 is 0 Å². The molecule has 1 aliphatic rings. The first-order chi connectivity index (χ1) is 11.6. The van der Waals surface area contributed by atoms with Gasteiger partial charge in [-0.15, -0.1) is 0 Å². The van der Waals surface area contributed by atoms with Crippen molar-refractivity contribution < 1.29 is 19.0 Å². The monoisotopic (exact) mass is 328 g/mol. The summed E-state index contributed by atoms with van der Waals surface area (Å²) in [5.41, 5.74) is 7.73. The second-order valence-corrected chi connectivity index (χ2v) is 5.49. The minimum absolute atomic E-state index is 0.111. The van der Waals surface area contributed by atoms with Crippen molar-refractivity contribution in [2.24, 2.45) is 5.73 Å². The summed E-state index contributed by atoms with van der Waals surface area (Å²) in [6.45, 7) is 0. The van der Waals surface area contributed by atoms with E-state index in [2.05, 4.69) is 0 Å². The van der Waals surface area contributed by atoms with Gasteiger partial charge in [0.2, 0.25) is 5.91 Å². The maximum absolute atomic E-state index is 12.3. The molecule has 0 unspecified atom stereocenters. The molecule has 126 valence electrons. The van der Waals surface area contributed by atoms with Crippen molar-refractivity contribution in [3.63, 3.8) is 0 Å². The van der Waals surface area contributed by atoms with Crippen molar-refractivity contribution in [1.82, 2.24) is 0 Å². The Morgan fingerprint density at radius 3 is 2.17 bits per heavy atom. The number of anilines is 1. The lowest BCUT2D eigenvalue weighted by Gasteiger charge is -2.45. The molecule has 1 heterocycles. The van der Waals surface area contributed by atoms with Crippen molar-refractivity contribution in [3.05, 3.63) is 48.0 Å². The number of carbonyl (C=O) groups is 1.